The van der Waals surface area contributed by atoms with Crippen LogP contribution in [-0.4, -0.2) is 12.1 Å². The van der Waals surface area contributed by atoms with Gasteiger partial charge in [-0.2, -0.15) is 0 Å². The van der Waals surface area contributed by atoms with E-state index in [9.17, 15) is 0 Å². The Morgan fingerprint density at radius 3 is 2.44 bits per heavy atom. The maximum Gasteiger partial charge on any atom is 0.122 e. The molecule has 82 valence electrons. The Balaban J connectivity index is 0.000000125. The van der Waals surface area contributed by atoms with Crippen LogP contribution < -0.4 is 10.5 Å². The zero-order valence-corrected chi connectivity index (χ0v) is 9.18. The van der Waals surface area contributed by atoms with E-state index in [1.165, 1.54) is 11.1 Å². The van der Waals surface area contributed by atoms with Crippen molar-refractivity contribution in [2.45, 2.75) is 6.42 Å². The number of benzene rings is 1. The van der Waals surface area contributed by atoms with Crippen molar-refractivity contribution in [2.24, 2.45) is 0 Å². The number of anilines is 1. The first kappa shape index (κ1) is 10.5. The van der Waals surface area contributed by atoms with Crippen molar-refractivity contribution in [3.8, 4) is 5.75 Å². The second-order valence-corrected chi connectivity index (χ2v) is 3.61. The molecule has 4 rings (SSSR count). The number of pyridine rings is 1. The van der Waals surface area contributed by atoms with Gasteiger partial charge in [0.15, 0.2) is 0 Å². The number of nitrogens with zero attached hydrogens (tertiary/aromatic N) is 1. The zero-order chi connectivity index (χ0) is 11.4. The van der Waals surface area contributed by atoms with Crippen LogP contribution in [0.1, 0.15) is 11.1 Å². The van der Waals surface area contributed by atoms with Crippen LogP contribution in [0.15, 0.2) is 42.7 Å². The molecule has 0 amide bonds. The predicted octanol–water partition coefficient (Wildman–Crippen LogP) is 2.26. The average Bonchev–Trinajstić information content (AvgIpc) is 2.30. The highest BCUT2D eigenvalue weighted by Gasteiger charge is 2.12. The molecule has 0 saturated carbocycles. The maximum atomic E-state index is 5.30. The minimum atomic E-state index is 0.711. The number of methoxy groups -OCH3 is 1. The number of fused-ring (bicyclic) bond motifs is 2. The van der Waals surface area contributed by atoms with Crippen LogP contribution in [0.4, 0.5) is 5.69 Å². The summed E-state index contributed by atoms with van der Waals surface area (Å²) in [6.45, 7) is 0. The van der Waals surface area contributed by atoms with E-state index < -0.39 is 0 Å². The van der Waals surface area contributed by atoms with Crippen LogP contribution in [0.5, 0.6) is 5.75 Å². The van der Waals surface area contributed by atoms with E-state index in [0.29, 0.717) is 5.69 Å². The summed E-state index contributed by atoms with van der Waals surface area (Å²) in [5.41, 5.74) is 8.77. The first-order valence-electron chi connectivity index (χ1n) is 5.11. The van der Waals surface area contributed by atoms with E-state index in [1.807, 2.05) is 6.07 Å². The largest absolute Gasteiger partial charge is 0.496 e. The number of hydrogen-bond donors (Lipinski definition) is 1. The molecule has 3 nitrogen and oxygen atoms in total. The van der Waals surface area contributed by atoms with Gasteiger partial charge >= 0.3 is 0 Å². The number of hydrogen-bond acceptors (Lipinski definition) is 3. The third-order valence-electron chi connectivity index (χ3n) is 2.42. The Kier molecular flexibility index (Phi) is 3.05. The van der Waals surface area contributed by atoms with E-state index in [1.54, 1.807) is 31.6 Å². The first-order chi connectivity index (χ1) is 7.79. The van der Waals surface area contributed by atoms with E-state index >= 15 is 0 Å². The highest BCUT2D eigenvalue weighted by molar-refractivity contribution is 5.47. The molecule has 0 atom stereocenters. The molecule has 1 heterocycles. The van der Waals surface area contributed by atoms with E-state index in [2.05, 4.69) is 17.1 Å². The summed E-state index contributed by atoms with van der Waals surface area (Å²) < 4.78 is 5.09. The standard InChI is InChI=1S/C8H8O.C5H6N2/c1-9-8-3-2-6-4-7(8)5-6;6-5-2-1-3-7-4-5/h2-4H,5H2,1H3;1-4H,6H2. The lowest BCUT2D eigenvalue weighted by atomic mass is 9.92. The molecule has 2 aromatic rings. The Morgan fingerprint density at radius 2 is 2.12 bits per heavy atom. The molecule has 0 fully saturated rings. The van der Waals surface area contributed by atoms with Gasteiger partial charge in [0, 0.05) is 18.8 Å². The summed E-state index contributed by atoms with van der Waals surface area (Å²) in [7, 11) is 1.71. The van der Waals surface area contributed by atoms with Crippen molar-refractivity contribution in [1.82, 2.24) is 4.98 Å². The molecule has 16 heavy (non-hydrogen) atoms. The average molecular weight is 214 g/mol. The van der Waals surface area contributed by atoms with Crippen LogP contribution in [0.3, 0.4) is 0 Å². The van der Waals surface area contributed by atoms with Crippen LogP contribution in [0.25, 0.3) is 0 Å². The molecule has 2 aliphatic carbocycles. The van der Waals surface area contributed by atoms with E-state index in [-0.39, 0.29) is 0 Å². The maximum absolute atomic E-state index is 5.30. The van der Waals surface area contributed by atoms with Gasteiger partial charge in [-0.25, -0.2) is 0 Å². The number of rotatable bonds is 1. The van der Waals surface area contributed by atoms with Crippen molar-refractivity contribution < 1.29 is 4.74 Å². The summed E-state index contributed by atoms with van der Waals surface area (Å²) in [6, 6.07) is 9.89. The monoisotopic (exact) mass is 214 g/mol. The first-order valence-corrected chi connectivity index (χ1v) is 5.11. The summed E-state index contributed by atoms with van der Waals surface area (Å²) in [6.07, 6.45) is 4.41. The molecule has 0 unspecified atom stereocenters. The normalized spacial score (nSPS) is 10.8. The van der Waals surface area contributed by atoms with Crippen LogP contribution in [0.2, 0.25) is 0 Å². The van der Waals surface area contributed by atoms with Crippen molar-refractivity contribution in [2.75, 3.05) is 12.8 Å². The summed E-state index contributed by atoms with van der Waals surface area (Å²) in [4.78, 5) is 3.76. The van der Waals surface area contributed by atoms with Gasteiger partial charge in [0.25, 0.3) is 0 Å². The van der Waals surface area contributed by atoms with Gasteiger partial charge < -0.3 is 10.5 Å². The van der Waals surface area contributed by atoms with Crippen molar-refractivity contribution in [3.05, 3.63) is 53.9 Å². The number of aromatic nitrogens is 1. The van der Waals surface area contributed by atoms with E-state index in [4.69, 9.17) is 10.5 Å². The highest BCUT2D eigenvalue weighted by Crippen LogP contribution is 2.30. The van der Waals surface area contributed by atoms with Crippen LogP contribution in [0, 0.1) is 0 Å². The Bertz CT molecular complexity index is 465. The van der Waals surface area contributed by atoms with Crippen molar-refractivity contribution >= 4 is 5.69 Å². The van der Waals surface area contributed by atoms with Gasteiger partial charge in [-0.3, -0.25) is 4.98 Å². The van der Waals surface area contributed by atoms with Gasteiger partial charge in [-0.05, 0) is 29.3 Å². The van der Waals surface area contributed by atoms with Gasteiger partial charge in [0.05, 0.1) is 12.8 Å². The van der Waals surface area contributed by atoms with E-state index in [0.717, 1.165) is 12.2 Å². The zero-order valence-electron chi connectivity index (χ0n) is 9.18. The molecule has 0 spiro atoms. The lowest BCUT2D eigenvalue weighted by Gasteiger charge is -2.17. The molecular formula is C13H14N2O. The Hall–Kier alpha value is -2.03. The molecule has 2 bridgehead atoms. The minimum absolute atomic E-state index is 0.711. The second kappa shape index (κ2) is 4.66. The van der Waals surface area contributed by atoms with Gasteiger partial charge in [-0.1, -0.05) is 12.1 Å². The quantitative estimate of drug-likeness (QED) is 0.676. The smallest absolute Gasteiger partial charge is 0.122 e. The molecule has 0 saturated heterocycles. The fourth-order valence-electron chi connectivity index (χ4n) is 1.54. The number of nitrogens with two attached hydrogens (primary N) is 1. The molecule has 3 heteroatoms. The number of nitrogen functional groups attached to an aromatic ring is 1. The molecule has 0 aliphatic heterocycles. The lowest BCUT2D eigenvalue weighted by molar-refractivity contribution is 0.408. The van der Waals surface area contributed by atoms with Gasteiger partial charge in [0.1, 0.15) is 5.75 Å². The molecular weight excluding hydrogens is 200 g/mol. The molecule has 1 aromatic carbocycles. The van der Waals surface area contributed by atoms with Gasteiger partial charge in [-0.15, -0.1) is 0 Å². The van der Waals surface area contributed by atoms with Gasteiger partial charge in [0.2, 0.25) is 0 Å². The third-order valence-corrected chi connectivity index (χ3v) is 2.42. The second-order valence-electron chi connectivity index (χ2n) is 3.61. The summed E-state index contributed by atoms with van der Waals surface area (Å²) >= 11 is 0. The number of ether oxygens (including phenoxy) is 1. The van der Waals surface area contributed by atoms with Crippen LogP contribution >= 0.6 is 0 Å². The molecule has 2 N–H and O–H groups in total. The topological polar surface area (TPSA) is 48.1 Å². The molecule has 1 aromatic heterocycles. The van der Waals surface area contributed by atoms with Crippen LogP contribution in [-0.2, 0) is 6.42 Å². The molecule has 0 radical (unpaired) electrons. The predicted molar refractivity (Wildman–Crippen MR) is 64.4 cm³/mol. The fourth-order valence-corrected chi connectivity index (χ4v) is 1.54. The lowest BCUT2D eigenvalue weighted by Crippen LogP contribution is -2.02. The SMILES string of the molecule is COc1ccc2cc1C2.Nc1cccnc1. The minimum Gasteiger partial charge on any atom is -0.496 e. The Morgan fingerprint density at radius 1 is 1.31 bits per heavy atom. The summed E-state index contributed by atoms with van der Waals surface area (Å²) in [5, 5.41) is 0. The summed E-state index contributed by atoms with van der Waals surface area (Å²) in [5.74, 6) is 1.03. The van der Waals surface area contributed by atoms with Crippen molar-refractivity contribution in [1.29, 1.82) is 0 Å². The fraction of sp³-hybridized carbons (Fsp3) is 0.154. The Labute approximate surface area is 94.9 Å². The molecule has 2 aliphatic rings. The highest BCUT2D eigenvalue weighted by atomic mass is 16.5. The van der Waals surface area contributed by atoms with Crippen molar-refractivity contribution in [3.63, 3.8) is 0 Å². The third kappa shape index (κ3) is 2.31.